The molecule has 0 radical (unpaired) electrons. The fraction of sp³-hybridized carbons (Fsp3) is 0.500. The van der Waals surface area contributed by atoms with Crippen LogP contribution in [-0.2, 0) is 9.59 Å². The minimum Gasteiger partial charge on any atom is -0.304 e. The summed E-state index contributed by atoms with van der Waals surface area (Å²) >= 11 is 0. The largest absolute Gasteiger partial charge is 0.304 e. The lowest BCUT2D eigenvalue weighted by atomic mass is 10.2. The predicted octanol–water partition coefficient (Wildman–Crippen LogP) is 4.91. The van der Waals surface area contributed by atoms with Gasteiger partial charge in [0.2, 0.25) is 0 Å². The third-order valence-electron chi connectivity index (χ3n) is 1.37. The van der Waals surface area contributed by atoms with E-state index in [1.165, 1.54) is 19.8 Å². The highest BCUT2D eigenvalue weighted by Gasteiger charge is 1.85. The first-order valence-corrected chi connectivity index (χ1v) is 6.25. The van der Waals surface area contributed by atoms with Crippen LogP contribution in [0.25, 0.3) is 0 Å². The highest BCUT2D eigenvalue weighted by Crippen LogP contribution is 1.88. The lowest BCUT2D eigenvalue weighted by Crippen LogP contribution is -1.85. The topological polar surface area (TPSA) is 34.1 Å². The Balaban J connectivity index is -0.0000000775. The standard InChI is InChI=1S/C6H10O.C4H10.C4H6.C2H4O/c1-3-4-5-6(2)7;2*1-3-4-2;1-2-3/h3H,1,4-5H2,2H3;3-4H2,1-2H3;3-4H,1-2H2;2H,1H3. The minimum absolute atomic E-state index is 0.236. The van der Waals surface area contributed by atoms with Crippen molar-refractivity contribution < 1.29 is 9.59 Å². The second-order valence-electron chi connectivity index (χ2n) is 3.24. The minimum atomic E-state index is 0.236. The van der Waals surface area contributed by atoms with Gasteiger partial charge in [-0.25, -0.2) is 0 Å². The Morgan fingerprint density at radius 3 is 1.44 bits per heavy atom. The molecule has 0 heterocycles. The molecule has 18 heavy (non-hydrogen) atoms. The van der Waals surface area contributed by atoms with Crippen molar-refractivity contribution in [3.63, 3.8) is 0 Å². The smallest absolute Gasteiger partial charge is 0.130 e. The van der Waals surface area contributed by atoms with Crippen molar-refractivity contribution in [3.05, 3.63) is 38.0 Å². The Hall–Kier alpha value is -1.44. The van der Waals surface area contributed by atoms with Crippen molar-refractivity contribution in [3.8, 4) is 0 Å². The Bertz CT molecular complexity index is 185. The van der Waals surface area contributed by atoms with Gasteiger partial charge in [0.15, 0.2) is 0 Å². The van der Waals surface area contributed by atoms with E-state index >= 15 is 0 Å². The summed E-state index contributed by atoms with van der Waals surface area (Å²) in [5.41, 5.74) is 0. The number of carbonyl (C=O) groups excluding carboxylic acids is 2. The molecule has 0 bridgehead atoms. The van der Waals surface area contributed by atoms with Crippen molar-refractivity contribution in [2.75, 3.05) is 0 Å². The summed E-state index contributed by atoms with van der Waals surface area (Å²) in [4.78, 5) is 19.0. The Morgan fingerprint density at radius 1 is 1.06 bits per heavy atom. The molecule has 2 nitrogen and oxygen atoms in total. The summed E-state index contributed by atoms with van der Waals surface area (Å²) in [6.45, 7) is 17.6. The molecule has 106 valence electrons. The van der Waals surface area contributed by atoms with Crippen molar-refractivity contribution in [2.24, 2.45) is 0 Å². The average Bonchev–Trinajstić information content (AvgIpc) is 2.37. The van der Waals surface area contributed by atoms with Crippen LogP contribution >= 0.6 is 0 Å². The number of hydrogen-bond acceptors (Lipinski definition) is 2. The molecule has 0 spiro atoms. The zero-order valence-electron chi connectivity index (χ0n) is 12.6. The van der Waals surface area contributed by atoms with Crippen LogP contribution in [0.4, 0.5) is 0 Å². The number of ketones is 1. The number of Topliss-reactive ketones (excluding diaryl/α,β-unsaturated/α-hetero) is 1. The number of unbranched alkanes of at least 4 members (excludes halogenated alkanes) is 1. The fourth-order valence-electron chi connectivity index (χ4n) is 0.305. The van der Waals surface area contributed by atoms with Crippen LogP contribution in [0.5, 0.6) is 0 Å². The molecule has 0 fully saturated rings. The first-order chi connectivity index (χ1) is 8.51. The van der Waals surface area contributed by atoms with Gasteiger partial charge in [0.25, 0.3) is 0 Å². The summed E-state index contributed by atoms with van der Waals surface area (Å²) in [7, 11) is 0. The number of aldehydes is 1. The van der Waals surface area contributed by atoms with Crippen molar-refractivity contribution in [1.29, 1.82) is 0 Å². The zero-order valence-corrected chi connectivity index (χ0v) is 12.6. The molecular weight excluding hydrogens is 224 g/mol. The first-order valence-electron chi connectivity index (χ1n) is 6.25. The molecule has 0 amide bonds. The highest BCUT2D eigenvalue weighted by atomic mass is 16.1. The molecule has 0 atom stereocenters. The van der Waals surface area contributed by atoms with E-state index in [0.29, 0.717) is 6.42 Å². The van der Waals surface area contributed by atoms with Gasteiger partial charge in [-0.2, -0.15) is 0 Å². The van der Waals surface area contributed by atoms with E-state index < -0.39 is 0 Å². The summed E-state index contributed by atoms with van der Waals surface area (Å²) < 4.78 is 0. The van der Waals surface area contributed by atoms with E-state index in [9.17, 15) is 4.79 Å². The number of rotatable bonds is 5. The van der Waals surface area contributed by atoms with E-state index in [0.717, 1.165) is 12.7 Å². The van der Waals surface area contributed by atoms with Gasteiger partial charge in [-0.05, 0) is 20.3 Å². The Labute approximate surface area is 113 Å². The Morgan fingerprint density at radius 2 is 1.39 bits per heavy atom. The van der Waals surface area contributed by atoms with Crippen LogP contribution < -0.4 is 0 Å². The molecule has 0 aliphatic heterocycles. The quantitative estimate of drug-likeness (QED) is 0.397. The van der Waals surface area contributed by atoms with Gasteiger partial charge < -0.3 is 9.59 Å². The van der Waals surface area contributed by atoms with Gasteiger partial charge in [0, 0.05) is 6.42 Å². The van der Waals surface area contributed by atoms with Crippen molar-refractivity contribution in [1.82, 2.24) is 0 Å². The lowest BCUT2D eigenvalue weighted by molar-refractivity contribution is -0.117. The average molecular weight is 254 g/mol. The van der Waals surface area contributed by atoms with Crippen LogP contribution in [-0.4, -0.2) is 12.1 Å². The van der Waals surface area contributed by atoms with Crippen LogP contribution in [0.1, 0.15) is 53.4 Å². The van der Waals surface area contributed by atoms with Gasteiger partial charge in [0.1, 0.15) is 12.1 Å². The van der Waals surface area contributed by atoms with Crippen LogP contribution in [0.15, 0.2) is 38.0 Å². The molecule has 0 aromatic carbocycles. The molecule has 0 aromatic heterocycles. The molecule has 0 aromatic rings. The summed E-state index contributed by atoms with van der Waals surface area (Å²) in [6, 6.07) is 0. The number of allylic oxidation sites excluding steroid dienone is 3. The van der Waals surface area contributed by atoms with Gasteiger partial charge in [-0.15, -0.1) is 6.58 Å². The van der Waals surface area contributed by atoms with Gasteiger partial charge >= 0.3 is 0 Å². The zero-order chi connectivity index (χ0) is 15.2. The van der Waals surface area contributed by atoms with Crippen LogP contribution in [0, 0.1) is 0 Å². The van der Waals surface area contributed by atoms with Crippen LogP contribution in [0.3, 0.4) is 0 Å². The molecule has 0 saturated heterocycles. The van der Waals surface area contributed by atoms with Crippen LogP contribution in [0.2, 0.25) is 0 Å². The highest BCUT2D eigenvalue weighted by molar-refractivity contribution is 5.75. The molecular formula is C16H30O2. The third-order valence-corrected chi connectivity index (χ3v) is 1.37. The predicted molar refractivity (Wildman–Crippen MR) is 82.8 cm³/mol. The van der Waals surface area contributed by atoms with E-state index in [4.69, 9.17) is 4.79 Å². The SMILES string of the molecule is C=CC=C.C=CCCC(C)=O.CC=O.CCCC. The summed E-state index contributed by atoms with van der Waals surface area (Å²) in [6.07, 6.45) is 9.88. The Kier molecular flexibility index (Phi) is 51.0. The van der Waals surface area contributed by atoms with E-state index in [1.54, 1.807) is 25.2 Å². The van der Waals surface area contributed by atoms with E-state index in [2.05, 4.69) is 33.6 Å². The molecule has 0 N–H and O–H groups in total. The van der Waals surface area contributed by atoms with E-state index in [-0.39, 0.29) is 5.78 Å². The third kappa shape index (κ3) is 129. The lowest BCUT2D eigenvalue weighted by Gasteiger charge is -1.82. The molecule has 0 aliphatic carbocycles. The van der Waals surface area contributed by atoms with Gasteiger partial charge in [-0.3, -0.25) is 0 Å². The number of hydrogen-bond donors (Lipinski definition) is 0. The summed E-state index contributed by atoms with van der Waals surface area (Å²) in [5.74, 6) is 0.236. The monoisotopic (exact) mass is 254 g/mol. The second kappa shape index (κ2) is 36.1. The van der Waals surface area contributed by atoms with Gasteiger partial charge in [-0.1, -0.05) is 58.1 Å². The maximum atomic E-state index is 10.2. The maximum Gasteiger partial charge on any atom is 0.130 e. The van der Waals surface area contributed by atoms with Crippen molar-refractivity contribution >= 4 is 12.1 Å². The fourth-order valence-corrected chi connectivity index (χ4v) is 0.305. The molecule has 2 heteroatoms. The maximum absolute atomic E-state index is 10.2. The molecule has 0 saturated carbocycles. The molecule has 0 aliphatic rings. The summed E-state index contributed by atoms with van der Waals surface area (Å²) in [5, 5.41) is 0. The normalized spacial score (nSPS) is 6.67. The van der Waals surface area contributed by atoms with E-state index in [1.807, 2.05) is 0 Å². The molecule has 0 unspecified atom stereocenters. The van der Waals surface area contributed by atoms with Gasteiger partial charge in [0.05, 0.1) is 0 Å². The second-order valence-corrected chi connectivity index (χ2v) is 3.24. The van der Waals surface area contributed by atoms with Crippen molar-refractivity contribution in [2.45, 2.75) is 53.4 Å². The molecule has 0 rings (SSSR count). The first kappa shape index (κ1) is 25.4. The number of carbonyl (C=O) groups is 2.